The second-order valence-electron chi connectivity index (χ2n) is 6.30. The Hall–Kier alpha value is -1.88. The average Bonchev–Trinajstić information content (AvgIpc) is 2.42. The lowest BCUT2D eigenvalue weighted by Gasteiger charge is -2.50. The number of benzene rings is 1. The van der Waals surface area contributed by atoms with E-state index in [2.05, 4.69) is 41.6 Å². The third kappa shape index (κ3) is 3.47. The Morgan fingerprint density at radius 1 is 1.14 bits per heavy atom. The molecule has 0 bridgehead atoms. The van der Waals surface area contributed by atoms with Crippen LogP contribution < -0.4 is 10.6 Å². The first-order chi connectivity index (χ1) is 10.3. The summed E-state index contributed by atoms with van der Waals surface area (Å²) in [5.41, 5.74) is 0.488. The monoisotopic (exact) mass is 303 g/mol. The van der Waals surface area contributed by atoms with E-state index in [0.717, 1.165) is 6.54 Å². The summed E-state index contributed by atoms with van der Waals surface area (Å²) >= 11 is 0. The predicted octanol–water partition coefficient (Wildman–Crippen LogP) is 1.67. The zero-order valence-corrected chi connectivity index (χ0v) is 13.7. The predicted molar refractivity (Wildman–Crippen MR) is 86.0 cm³/mol. The lowest BCUT2D eigenvalue weighted by Crippen LogP contribution is -2.68. The number of nitrogens with one attached hydrogen (secondary N) is 2. The van der Waals surface area contributed by atoms with Gasteiger partial charge in [-0.15, -0.1) is 0 Å². The summed E-state index contributed by atoms with van der Waals surface area (Å²) in [5, 5.41) is 6.00. The number of rotatable bonds is 3. The van der Waals surface area contributed by atoms with E-state index in [0.29, 0.717) is 6.42 Å². The number of amides is 2. The van der Waals surface area contributed by atoms with E-state index < -0.39 is 5.66 Å². The highest BCUT2D eigenvalue weighted by molar-refractivity contribution is 5.77. The third-order valence-electron chi connectivity index (χ3n) is 4.43. The fourth-order valence-electron chi connectivity index (χ4n) is 3.43. The van der Waals surface area contributed by atoms with E-state index in [9.17, 15) is 9.59 Å². The van der Waals surface area contributed by atoms with Crippen molar-refractivity contribution >= 4 is 11.8 Å². The summed E-state index contributed by atoms with van der Waals surface area (Å²) in [6, 6.07) is 10.3. The molecule has 2 amide bonds. The van der Waals surface area contributed by atoms with Crippen LogP contribution >= 0.6 is 0 Å². The van der Waals surface area contributed by atoms with Crippen molar-refractivity contribution in [1.29, 1.82) is 0 Å². The molecule has 0 aliphatic carbocycles. The molecule has 5 nitrogen and oxygen atoms in total. The number of carbonyl (C=O) groups is 2. The minimum Gasteiger partial charge on any atom is -0.333 e. The molecule has 1 saturated heterocycles. The molecular formula is C17H25N3O2. The van der Waals surface area contributed by atoms with E-state index in [4.69, 9.17) is 0 Å². The van der Waals surface area contributed by atoms with Gasteiger partial charge in [0.05, 0.1) is 0 Å². The van der Waals surface area contributed by atoms with Crippen molar-refractivity contribution in [3.05, 3.63) is 35.9 Å². The van der Waals surface area contributed by atoms with Gasteiger partial charge < -0.3 is 10.6 Å². The molecule has 0 unspecified atom stereocenters. The Bertz CT molecular complexity index is 528. The Labute approximate surface area is 132 Å². The summed E-state index contributed by atoms with van der Waals surface area (Å²) in [6.07, 6.45) is 0.647. The van der Waals surface area contributed by atoms with Crippen LogP contribution in [0.4, 0.5) is 0 Å². The highest BCUT2D eigenvalue weighted by Gasteiger charge is 2.45. The van der Waals surface area contributed by atoms with Crippen LogP contribution in [-0.2, 0) is 9.59 Å². The zero-order valence-electron chi connectivity index (χ0n) is 13.7. The summed E-state index contributed by atoms with van der Waals surface area (Å²) in [7, 11) is 2.08. The van der Waals surface area contributed by atoms with E-state index >= 15 is 0 Å². The van der Waals surface area contributed by atoms with Crippen LogP contribution in [0.15, 0.2) is 30.3 Å². The summed E-state index contributed by atoms with van der Waals surface area (Å²) in [5.74, 6) is -0.140. The first kappa shape index (κ1) is 16.5. The molecule has 1 aliphatic rings. The molecule has 0 radical (unpaired) electrons. The lowest BCUT2D eigenvalue weighted by molar-refractivity contribution is -0.129. The van der Waals surface area contributed by atoms with E-state index in [1.165, 1.54) is 19.4 Å². The van der Waals surface area contributed by atoms with Crippen LogP contribution in [0.2, 0.25) is 0 Å². The third-order valence-corrected chi connectivity index (χ3v) is 4.43. The standard InChI is InChI=1S/C17H25N3O2/c1-12-11-20(4)16(15-8-6-5-7-9-15)10-17(12,18-13(2)21)19-14(3)22/h5-9,12,16H,10-11H2,1-4H3,(H,18,21)(H,19,22)/t12-,16-/m0/s1. The van der Waals surface area contributed by atoms with Gasteiger partial charge in [-0.1, -0.05) is 37.3 Å². The molecule has 1 aromatic rings. The first-order valence-corrected chi connectivity index (χ1v) is 7.67. The van der Waals surface area contributed by atoms with Gasteiger partial charge in [0.1, 0.15) is 5.66 Å². The van der Waals surface area contributed by atoms with Crippen LogP contribution in [0.25, 0.3) is 0 Å². The topological polar surface area (TPSA) is 61.4 Å². The maximum absolute atomic E-state index is 11.7. The lowest BCUT2D eigenvalue weighted by atomic mass is 9.80. The maximum Gasteiger partial charge on any atom is 0.218 e. The van der Waals surface area contributed by atoms with Gasteiger partial charge in [0, 0.05) is 38.8 Å². The molecule has 5 heteroatoms. The second-order valence-corrected chi connectivity index (χ2v) is 6.30. The Morgan fingerprint density at radius 2 is 1.68 bits per heavy atom. The summed E-state index contributed by atoms with van der Waals surface area (Å²) in [4.78, 5) is 25.7. The maximum atomic E-state index is 11.7. The smallest absolute Gasteiger partial charge is 0.218 e. The van der Waals surface area contributed by atoms with Crippen molar-refractivity contribution in [3.63, 3.8) is 0 Å². The van der Waals surface area contributed by atoms with Crippen molar-refractivity contribution in [3.8, 4) is 0 Å². The van der Waals surface area contributed by atoms with E-state index in [-0.39, 0.29) is 23.8 Å². The van der Waals surface area contributed by atoms with Gasteiger partial charge in [0.2, 0.25) is 11.8 Å². The molecule has 0 saturated carbocycles. The quantitative estimate of drug-likeness (QED) is 0.835. The number of likely N-dealkylation sites (tertiary alicyclic amines) is 1. The SMILES string of the molecule is CC(=O)NC1(NC(C)=O)C[C@@H](c2ccccc2)N(C)C[C@@H]1C. The van der Waals surface area contributed by atoms with Gasteiger partial charge in [0.15, 0.2) is 0 Å². The van der Waals surface area contributed by atoms with Gasteiger partial charge in [-0.05, 0) is 12.6 Å². The Morgan fingerprint density at radius 3 is 2.18 bits per heavy atom. The largest absolute Gasteiger partial charge is 0.333 e. The second kappa shape index (κ2) is 6.48. The van der Waals surface area contributed by atoms with Gasteiger partial charge in [-0.2, -0.15) is 0 Å². The molecule has 1 aromatic carbocycles. The fraction of sp³-hybridized carbons (Fsp3) is 0.529. The van der Waals surface area contributed by atoms with Crippen LogP contribution in [0.5, 0.6) is 0 Å². The van der Waals surface area contributed by atoms with Gasteiger partial charge in [-0.3, -0.25) is 14.5 Å². The molecule has 1 aliphatic heterocycles. The van der Waals surface area contributed by atoms with Gasteiger partial charge in [0.25, 0.3) is 0 Å². The minimum absolute atomic E-state index is 0.116. The Balaban J connectivity index is 2.35. The first-order valence-electron chi connectivity index (χ1n) is 7.67. The number of piperidine rings is 1. The zero-order chi connectivity index (χ0) is 16.3. The van der Waals surface area contributed by atoms with Crippen molar-refractivity contribution in [2.75, 3.05) is 13.6 Å². The number of carbonyl (C=O) groups excluding carboxylic acids is 2. The van der Waals surface area contributed by atoms with Crippen LogP contribution in [0, 0.1) is 5.92 Å². The molecule has 2 N–H and O–H groups in total. The molecule has 2 rings (SSSR count). The molecule has 22 heavy (non-hydrogen) atoms. The van der Waals surface area contributed by atoms with Crippen molar-refractivity contribution in [1.82, 2.24) is 15.5 Å². The molecule has 2 atom stereocenters. The molecule has 1 fully saturated rings. The number of hydrogen-bond donors (Lipinski definition) is 2. The van der Waals surface area contributed by atoms with Crippen molar-refractivity contribution in [2.45, 2.75) is 38.9 Å². The van der Waals surface area contributed by atoms with Crippen LogP contribution in [0.3, 0.4) is 0 Å². The average molecular weight is 303 g/mol. The van der Waals surface area contributed by atoms with Crippen molar-refractivity contribution in [2.24, 2.45) is 5.92 Å². The summed E-state index contributed by atoms with van der Waals surface area (Å²) in [6.45, 7) is 5.84. The van der Waals surface area contributed by atoms with Crippen LogP contribution in [0.1, 0.15) is 38.8 Å². The summed E-state index contributed by atoms with van der Waals surface area (Å²) < 4.78 is 0. The highest BCUT2D eigenvalue weighted by Crippen LogP contribution is 2.37. The normalized spacial score (nSPS) is 24.5. The van der Waals surface area contributed by atoms with Gasteiger partial charge >= 0.3 is 0 Å². The van der Waals surface area contributed by atoms with Crippen LogP contribution in [-0.4, -0.2) is 36.0 Å². The molecule has 0 spiro atoms. The highest BCUT2D eigenvalue weighted by atomic mass is 16.2. The molecule has 1 heterocycles. The fourth-order valence-corrected chi connectivity index (χ4v) is 3.43. The minimum atomic E-state index is -0.704. The molecule has 0 aromatic heterocycles. The van der Waals surface area contributed by atoms with E-state index in [1.54, 1.807) is 0 Å². The Kier molecular flexibility index (Phi) is 4.86. The molecule has 120 valence electrons. The molecular weight excluding hydrogens is 278 g/mol. The number of hydrogen-bond acceptors (Lipinski definition) is 3. The van der Waals surface area contributed by atoms with Crippen molar-refractivity contribution < 1.29 is 9.59 Å². The number of nitrogens with zero attached hydrogens (tertiary/aromatic N) is 1. The van der Waals surface area contributed by atoms with Gasteiger partial charge in [-0.25, -0.2) is 0 Å². The van der Waals surface area contributed by atoms with E-state index in [1.807, 2.05) is 18.2 Å².